The number of hydrogen-bond acceptors (Lipinski definition) is 7. The molecule has 5 N–H and O–H groups in total. The molecule has 0 spiro atoms. The third-order valence-corrected chi connectivity index (χ3v) is 8.39. The number of carboxylic acid groups (broad SMARTS) is 1. The van der Waals surface area contributed by atoms with Gasteiger partial charge in [-0.1, -0.05) is 33.8 Å². The molecular formula is C31H51N3O8. The van der Waals surface area contributed by atoms with Crippen LogP contribution in [0.25, 0.3) is 0 Å². The van der Waals surface area contributed by atoms with Crippen molar-refractivity contribution in [2.75, 3.05) is 34.0 Å². The van der Waals surface area contributed by atoms with Crippen LogP contribution in [-0.2, 0) is 14.3 Å². The minimum absolute atomic E-state index is 0.0655. The van der Waals surface area contributed by atoms with Crippen molar-refractivity contribution in [3.63, 3.8) is 0 Å². The van der Waals surface area contributed by atoms with E-state index in [1.807, 2.05) is 39.8 Å². The fourth-order valence-electron chi connectivity index (χ4n) is 5.58. The Labute approximate surface area is 250 Å². The Morgan fingerprint density at radius 2 is 1.79 bits per heavy atom. The lowest BCUT2D eigenvalue weighted by atomic mass is 9.82. The van der Waals surface area contributed by atoms with Crippen LogP contribution in [0.4, 0.5) is 4.79 Å². The lowest BCUT2D eigenvalue weighted by Gasteiger charge is -2.34. The summed E-state index contributed by atoms with van der Waals surface area (Å²) >= 11 is 0. The number of hydrogen-bond donors (Lipinski definition) is 4. The van der Waals surface area contributed by atoms with Crippen LogP contribution in [0.15, 0.2) is 18.2 Å². The number of primary amides is 1. The number of likely N-dealkylation sites (tertiary alicyclic amines) is 1. The van der Waals surface area contributed by atoms with Gasteiger partial charge in [0.1, 0.15) is 0 Å². The van der Waals surface area contributed by atoms with Gasteiger partial charge in [0.2, 0.25) is 11.8 Å². The van der Waals surface area contributed by atoms with Gasteiger partial charge in [-0.15, -0.1) is 0 Å². The fraction of sp³-hybridized carbons (Fsp3) is 0.710. The van der Waals surface area contributed by atoms with Gasteiger partial charge < -0.3 is 35.5 Å². The number of nitrogens with two attached hydrogens (primary N) is 1. The number of aliphatic hydroxyl groups is 1. The minimum atomic E-state index is -1.14. The molecule has 1 aromatic carbocycles. The van der Waals surface area contributed by atoms with Crippen LogP contribution in [0.1, 0.15) is 72.4 Å². The first kappa shape index (κ1) is 35.1. The largest absolute Gasteiger partial charge is 0.493 e. The molecule has 1 heterocycles. The van der Waals surface area contributed by atoms with Crippen LogP contribution in [0, 0.1) is 29.1 Å². The van der Waals surface area contributed by atoms with E-state index in [4.69, 9.17) is 19.9 Å². The SMILES string of the molecule is COCCCOc1cc([C@H]2[C@H](C(C)C)C[C@@H]([C@@H](O)C[C@H](C(=O)NCC(C)(C)C(N)=O)C(C)C)N2C(=O)O)ccc1OC. The van der Waals surface area contributed by atoms with Crippen molar-refractivity contribution < 1.29 is 38.8 Å². The average molecular weight is 594 g/mol. The number of carbonyl (C=O) groups excluding carboxylic acids is 2. The van der Waals surface area contributed by atoms with Gasteiger partial charge in [-0.25, -0.2) is 4.79 Å². The smallest absolute Gasteiger partial charge is 0.408 e. The number of benzene rings is 1. The highest BCUT2D eigenvalue weighted by Gasteiger charge is 2.49. The zero-order valence-electron chi connectivity index (χ0n) is 26.4. The van der Waals surface area contributed by atoms with Gasteiger partial charge in [0.05, 0.1) is 37.3 Å². The number of amides is 3. The number of aliphatic hydroxyl groups excluding tert-OH is 1. The Morgan fingerprint density at radius 3 is 2.31 bits per heavy atom. The molecule has 5 atom stereocenters. The van der Waals surface area contributed by atoms with E-state index in [0.717, 1.165) is 5.56 Å². The Bertz CT molecular complexity index is 1060. The molecule has 0 bridgehead atoms. The first-order valence-corrected chi connectivity index (χ1v) is 14.7. The van der Waals surface area contributed by atoms with Crippen molar-refractivity contribution in [3.05, 3.63) is 23.8 Å². The van der Waals surface area contributed by atoms with Gasteiger partial charge in [-0.05, 0) is 62.1 Å². The maximum atomic E-state index is 13.2. The quantitative estimate of drug-likeness (QED) is 0.210. The molecular weight excluding hydrogens is 542 g/mol. The van der Waals surface area contributed by atoms with Crippen molar-refractivity contribution in [2.24, 2.45) is 34.8 Å². The molecule has 42 heavy (non-hydrogen) atoms. The molecule has 1 fully saturated rings. The molecule has 1 saturated heterocycles. The van der Waals surface area contributed by atoms with E-state index >= 15 is 0 Å². The third-order valence-electron chi connectivity index (χ3n) is 8.39. The molecule has 2 rings (SSSR count). The summed E-state index contributed by atoms with van der Waals surface area (Å²) < 4.78 is 16.6. The lowest BCUT2D eigenvalue weighted by Crippen LogP contribution is -2.47. The monoisotopic (exact) mass is 593 g/mol. The number of ether oxygens (including phenoxy) is 3. The molecule has 0 unspecified atom stereocenters. The van der Waals surface area contributed by atoms with E-state index in [1.54, 1.807) is 34.1 Å². The molecule has 1 aromatic rings. The number of nitrogens with one attached hydrogen (secondary N) is 1. The van der Waals surface area contributed by atoms with Crippen molar-refractivity contribution >= 4 is 17.9 Å². The Morgan fingerprint density at radius 1 is 1.12 bits per heavy atom. The summed E-state index contributed by atoms with van der Waals surface area (Å²) in [7, 11) is 3.18. The third kappa shape index (κ3) is 8.73. The average Bonchev–Trinajstić information content (AvgIpc) is 3.34. The minimum Gasteiger partial charge on any atom is -0.493 e. The van der Waals surface area contributed by atoms with Gasteiger partial charge >= 0.3 is 6.09 Å². The number of rotatable bonds is 16. The molecule has 0 aliphatic carbocycles. The number of nitrogens with zero attached hydrogens (tertiary/aromatic N) is 1. The van der Waals surface area contributed by atoms with Gasteiger partial charge in [0, 0.05) is 32.6 Å². The molecule has 0 aromatic heterocycles. The van der Waals surface area contributed by atoms with E-state index in [-0.39, 0.29) is 36.6 Å². The van der Waals surface area contributed by atoms with Gasteiger partial charge in [-0.2, -0.15) is 0 Å². The first-order chi connectivity index (χ1) is 19.7. The molecule has 11 nitrogen and oxygen atoms in total. The van der Waals surface area contributed by atoms with E-state index in [0.29, 0.717) is 37.6 Å². The molecule has 3 amide bonds. The molecule has 1 aliphatic rings. The summed E-state index contributed by atoms with van der Waals surface area (Å²) in [4.78, 5) is 39.0. The highest BCUT2D eigenvalue weighted by Crippen LogP contribution is 2.48. The predicted octanol–water partition coefficient (Wildman–Crippen LogP) is 3.83. The Kier molecular flexibility index (Phi) is 12.9. The van der Waals surface area contributed by atoms with E-state index in [2.05, 4.69) is 5.32 Å². The molecule has 0 radical (unpaired) electrons. The van der Waals surface area contributed by atoms with Crippen molar-refractivity contribution in [3.8, 4) is 11.5 Å². The van der Waals surface area contributed by atoms with E-state index in [9.17, 15) is 24.6 Å². The molecule has 1 aliphatic heterocycles. The molecule has 238 valence electrons. The van der Waals surface area contributed by atoms with Crippen molar-refractivity contribution in [2.45, 2.75) is 79.0 Å². The standard InChI is InChI=1S/C31H51N3O8/c1-18(2)21-15-23(24(35)16-22(19(3)4)28(36)33-17-31(5,6)29(32)37)34(30(38)39)27(21)20-10-11-25(41-8)26(14-20)42-13-9-12-40-7/h10-11,14,18-19,21-24,27,35H,9,12-13,15-17H2,1-8H3,(H2,32,37)(H,33,36)(H,38,39)/t21-,22-,23-,24-,27-/m0/s1. The highest BCUT2D eigenvalue weighted by molar-refractivity contribution is 5.83. The summed E-state index contributed by atoms with van der Waals surface area (Å²) in [5.74, 6) is -0.477. The second-order valence-electron chi connectivity index (χ2n) is 12.6. The van der Waals surface area contributed by atoms with Crippen LogP contribution in [0.2, 0.25) is 0 Å². The summed E-state index contributed by atoms with van der Waals surface area (Å²) in [6.45, 7) is 12.2. The Hall–Kier alpha value is -3.05. The molecule has 0 saturated carbocycles. The lowest BCUT2D eigenvalue weighted by molar-refractivity contribution is -0.130. The summed E-state index contributed by atoms with van der Waals surface area (Å²) in [5, 5.41) is 24.7. The van der Waals surface area contributed by atoms with Crippen molar-refractivity contribution in [1.29, 1.82) is 0 Å². The second-order valence-corrected chi connectivity index (χ2v) is 12.6. The van der Waals surface area contributed by atoms with Crippen LogP contribution in [0.5, 0.6) is 11.5 Å². The zero-order valence-corrected chi connectivity index (χ0v) is 26.4. The zero-order chi connectivity index (χ0) is 31.8. The second kappa shape index (κ2) is 15.4. The topological polar surface area (TPSA) is 161 Å². The maximum absolute atomic E-state index is 13.2. The number of carbonyl (C=O) groups is 3. The predicted molar refractivity (Wildman–Crippen MR) is 159 cm³/mol. The summed E-state index contributed by atoms with van der Waals surface area (Å²) in [6.07, 6.45) is -1.03. The highest BCUT2D eigenvalue weighted by atomic mass is 16.5. The van der Waals surface area contributed by atoms with Crippen LogP contribution < -0.4 is 20.5 Å². The van der Waals surface area contributed by atoms with Crippen LogP contribution >= 0.6 is 0 Å². The van der Waals surface area contributed by atoms with E-state index < -0.39 is 41.5 Å². The summed E-state index contributed by atoms with van der Waals surface area (Å²) in [6, 6.07) is 4.19. The maximum Gasteiger partial charge on any atom is 0.408 e. The van der Waals surface area contributed by atoms with Gasteiger partial charge in [-0.3, -0.25) is 14.5 Å². The van der Waals surface area contributed by atoms with E-state index in [1.165, 1.54) is 4.90 Å². The van der Waals surface area contributed by atoms with Gasteiger partial charge in [0.15, 0.2) is 11.5 Å². The van der Waals surface area contributed by atoms with Crippen LogP contribution in [-0.4, -0.2) is 79.1 Å². The van der Waals surface area contributed by atoms with Crippen LogP contribution in [0.3, 0.4) is 0 Å². The van der Waals surface area contributed by atoms with Gasteiger partial charge in [0.25, 0.3) is 0 Å². The van der Waals surface area contributed by atoms with Crippen molar-refractivity contribution in [1.82, 2.24) is 10.2 Å². The first-order valence-electron chi connectivity index (χ1n) is 14.7. The fourth-order valence-corrected chi connectivity index (χ4v) is 5.58. The Balaban J connectivity index is 2.36. The summed E-state index contributed by atoms with van der Waals surface area (Å²) in [5.41, 5.74) is 5.27. The number of methoxy groups -OCH3 is 2. The molecule has 11 heteroatoms. The normalized spacial score (nSPS) is 20.5.